The van der Waals surface area contributed by atoms with Gasteiger partial charge in [0.05, 0.1) is 12.9 Å². The molecule has 1 aliphatic rings. The number of carbonyl (C=O) groups is 1. The van der Waals surface area contributed by atoms with E-state index in [4.69, 9.17) is 10.5 Å². The standard InChI is InChI=1S/C17H22N4O2S2/c1-23-13-6-4-12(5-7-13)17(8-2-3-9-17)11-19-14(22)10-24-16-21-20-15(18)25-16/h4-7H,2-3,8-11H2,1H3,(H2,18,20)(H,19,22). The number of rotatable bonds is 7. The summed E-state index contributed by atoms with van der Waals surface area (Å²) in [6.07, 6.45) is 4.58. The lowest BCUT2D eigenvalue weighted by Crippen LogP contribution is -2.39. The van der Waals surface area contributed by atoms with Crippen LogP contribution in [0.3, 0.4) is 0 Å². The normalized spacial score (nSPS) is 15.9. The van der Waals surface area contributed by atoms with E-state index in [1.165, 1.54) is 41.5 Å². The minimum absolute atomic E-state index is 0.0126. The molecule has 1 heterocycles. The Morgan fingerprint density at radius 3 is 2.64 bits per heavy atom. The fourth-order valence-corrected chi connectivity index (χ4v) is 4.75. The minimum atomic E-state index is 0.0126. The zero-order chi connectivity index (χ0) is 17.7. The monoisotopic (exact) mass is 378 g/mol. The van der Waals surface area contributed by atoms with Gasteiger partial charge in [0.25, 0.3) is 0 Å². The van der Waals surface area contributed by atoms with Gasteiger partial charge in [-0.1, -0.05) is 48.1 Å². The maximum atomic E-state index is 12.2. The Balaban J connectivity index is 1.58. The number of hydrogen-bond donors (Lipinski definition) is 2. The Morgan fingerprint density at radius 2 is 2.04 bits per heavy atom. The number of thioether (sulfide) groups is 1. The summed E-state index contributed by atoms with van der Waals surface area (Å²) < 4.78 is 5.97. The van der Waals surface area contributed by atoms with Gasteiger partial charge in [-0.3, -0.25) is 4.79 Å². The summed E-state index contributed by atoms with van der Waals surface area (Å²) in [6, 6.07) is 8.23. The van der Waals surface area contributed by atoms with Crippen LogP contribution in [0.5, 0.6) is 5.75 Å². The van der Waals surface area contributed by atoms with Gasteiger partial charge < -0.3 is 15.8 Å². The molecular weight excluding hydrogens is 356 g/mol. The van der Waals surface area contributed by atoms with E-state index in [2.05, 4.69) is 27.6 Å². The topological polar surface area (TPSA) is 90.1 Å². The number of ether oxygens (including phenoxy) is 1. The van der Waals surface area contributed by atoms with Gasteiger partial charge in [0.2, 0.25) is 11.0 Å². The van der Waals surface area contributed by atoms with Crippen molar-refractivity contribution in [3.63, 3.8) is 0 Å². The predicted molar refractivity (Wildman–Crippen MR) is 101 cm³/mol. The number of nitrogen functional groups attached to an aromatic ring is 1. The van der Waals surface area contributed by atoms with Gasteiger partial charge in [0, 0.05) is 12.0 Å². The summed E-state index contributed by atoms with van der Waals surface area (Å²) in [5, 5.41) is 11.2. The van der Waals surface area contributed by atoms with Gasteiger partial charge in [0.1, 0.15) is 5.75 Å². The Bertz CT molecular complexity index is 712. The lowest BCUT2D eigenvalue weighted by Gasteiger charge is -2.30. The first-order chi connectivity index (χ1) is 12.1. The Labute approximate surface area is 155 Å². The molecule has 2 aromatic rings. The smallest absolute Gasteiger partial charge is 0.230 e. The van der Waals surface area contributed by atoms with Crippen molar-refractivity contribution in [2.45, 2.75) is 35.4 Å². The summed E-state index contributed by atoms with van der Waals surface area (Å²) in [4.78, 5) is 12.2. The molecule has 8 heteroatoms. The van der Waals surface area contributed by atoms with Crippen molar-refractivity contribution in [2.24, 2.45) is 0 Å². The summed E-state index contributed by atoms with van der Waals surface area (Å²) in [5.41, 5.74) is 6.85. The maximum absolute atomic E-state index is 12.2. The SMILES string of the molecule is COc1ccc(C2(CNC(=O)CSc3nnc(N)s3)CCCC2)cc1. The highest BCUT2D eigenvalue weighted by Gasteiger charge is 2.35. The molecule has 1 saturated carbocycles. The molecule has 1 aliphatic carbocycles. The van der Waals surface area contributed by atoms with Gasteiger partial charge in [-0.05, 0) is 30.5 Å². The molecule has 25 heavy (non-hydrogen) atoms. The molecule has 3 N–H and O–H groups in total. The fourth-order valence-electron chi connectivity index (χ4n) is 3.29. The molecule has 1 fully saturated rings. The molecule has 1 aromatic heterocycles. The van der Waals surface area contributed by atoms with Crippen LogP contribution in [0.15, 0.2) is 28.6 Å². The fraction of sp³-hybridized carbons (Fsp3) is 0.471. The zero-order valence-electron chi connectivity index (χ0n) is 14.2. The number of methoxy groups -OCH3 is 1. The number of carbonyl (C=O) groups excluding carboxylic acids is 1. The van der Waals surface area contributed by atoms with Crippen molar-refractivity contribution in [3.05, 3.63) is 29.8 Å². The van der Waals surface area contributed by atoms with Crippen LogP contribution < -0.4 is 15.8 Å². The molecule has 0 spiro atoms. The molecule has 0 unspecified atom stereocenters. The first-order valence-electron chi connectivity index (χ1n) is 8.24. The van der Waals surface area contributed by atoms with E-state index in [-0.39, 0.29) is 11.3 Å². The molecule has 0 atom stereocenters. The molecule has 134 valence electrons. The average molecular weight is 379 g/mol. The first kappa shape index (κ1) is 18.0. The Morgan fingerprint density at radius 1 is 1.32 bits per heavy atom. The van der Waals surface area contributed by atoms with Gasteiger partial charge in [-0.2, -0.15) is 0 Å². The number of nitrogens with zero attached hydrogens (tertiary/aromatic N) is 2. The Hall–Kier alpha value is -1.80. The maximum Gasteiger partial charge on any atom is 0.230 e. The largest absolute Gasteiger partial charge is 0.497 e. The van der Waals surface area contributed by atoms with Crippen LogP contribution >= 0.6 is 23.1 Å². The number of anilines is 1. The van der Waals surface area contributed by atoms with Crippen molar-refractivity contribution < 1.29 is 9.53 Å². The van der Waals surface area contributed by atoms with Crippen molar-refractivity contribution >= 4 is 34.1 Å². The van der Waals surface area contributed by atoms with Crippen LogP contribution in [0, 0.1) is 0 Å². The molecule has 0 radical (unpaired) electrons. The van der Waals surface area contributed by atoms with Gasteiger partial charge >= 0.3 is 0 Å². The molecule has 1 aromatic carbocycles. The predicted octanol–water partition coefficient (Wildman–Crippen LogP) is 2.85. The van der Waals surface area contributed by atoms with Crippen LogP contribution in [-0.2, 0) is 10.2 Å². The van der Waals surface area contributed by atoms with E-state index >= 15 is 0 Å². The third-order valence-electron chi connectivity index (χ3n) is 4.64. The third-order valence-corrected chi connectivity index (χ3v) is 6.52. The van der Waals surface area contributed by atoms with Crippen molar-refractivity contribution in [1.82, 2.24) is 15.5 Å². The quantitative estimate of drug-likeness (QED) is 0.720. The lowest BCUT2D eigenvalue weighted by molar-refractivity contribution is -0.118. The van der Waals surface area contributed by atoms with E-state index in [0.29, 0.717) is 17.4 Å². The average Bonchev–Trinajstić information content (AvgIpc) is 3.28. The minimum Gasteiger partial charge on any atom is -0.497 e. The number of amides is 1. The third kappa shape index (κ3) is 4.43. The van der Waals surface area contributed by atoms with Crippen LogP contribution in [0.1, 0.15) is 31.2 Å². The van der Waals surface area contributed by atoms with Gasteiger partial charge in [-0.25, -0.2) is 0 Å². The van der Waals surface area contributed by atoms with Gasteiger partial charge in [0.15, 0.2) is 4.34 Å². The highest BCUT2D eigenvalue weighted by atomic mass is 32.2. The number of hydrogen-bond acceptors (Lipinski definition) is 7. The summed E-state index contributed by atoms with van der Waals surface area (Å²) in [5.74, 6) is 1.19. The highest BCUT2D eigenvalue weighted by Crippen LogP contribution is 2.41. The highest BCUT2D eigenvalue weighted by molar-refractivity contribution is 8.01. The van der Waals surface area contributed by atoms with Crippen LogP contribution in [0.2, 0.25) is 0 Å². The van der Waals surface area contributed by atoms with Crippen molar-refractivity contribution in [3.8, 4) is 5.75 Å². The summed E-state index contributed by atoms with van der Waals surface area (Å²) in [7, 11) is 1.67. The number of benzene rings is 1. The van der Waals surface area contributed by atoms with Crippen molar-refractivity contribution in [1.29, 1.82) is 0 Å². The molecule has 1 amide bonds. The first-order valence-corrected chi connectivity index (χ1v) is 10.0. The van der Waals surface area contributed by atoms with E-state index in [1.54, 1.807) is 7.11 Å². The van der Waals surface area contributed by atoms with E-state index < -0.39 is 0 Å². The Kier molecular flexibility index (Phi) is 5.80. The zero-order valence-corrected chi connectivity index (χ0v) is 15.8. The molecule has 3 rings (SSSR count). The molecule has 0 aliphatic heterocycles. The van der Waals surface area contributed by atoms with Crippen LogP contribution in [0.4, 0.5) is 5.13 Å². The van der Waals surface area contributed by atoms with Crippen LogP contribution in [0.25, 0.3) is 0 Å². The number of nitrogens with two attached hydrogens (primary N) is 1. The van der Waals surface area contributed by atoms with Crippen molar-refractivity contribution in [2.75, 3.05) is 25.1 Å². The second kappa shape index (κ2) is 8.05. The molecule has 0 bridgehead atoms. The van der Waals surface area contributed by atoms with E-state index in [0.717, 1.165) is 22.9 Å². The van der Waals surface area contributed by atoms with E-state index in [1.807, 2.05) is 12.1 Å². The molecule has 0 saturated heterocycles. The number of nitrogens with one attached hydrogen (secondary N) is 1. The van der Waals surface area contributed by atoms with Gasteiger partial charge in [-0.15, -0.1) is 10.2 Å². The van der Waals surface area contributed by atoms with E-state index in [9.17, 15) is 4.79 Å². The summed E-state index contributed by atoms with van der Waals surface area (Å²) >= 11 is 2.67. The second-order valence-corrected chi connectivity index (χ2v) is 8.42. The molecular formula is C17H22N4O2S2. The second-order valence-electron chi connectivity index (χ2n) is 6.19. The lowest BCUT2D eigenvalue weighted by atomic mass is 9.79. The molecule has 6 nitrogen and oxygen atoms in total. The van der Waals surface area contributed by atoms with Crippen LogP contribution in [-0.4, -0.2) is 35.5 Å². The summed E-state index contributed by atoms with van der Waals surface area (Å²) in [6.45, 7) is 0.664. The number of aromatic nitrogens is 2.